The van der Waals surface area contributed by atoms with Gasteiger partial charge in [-0.3, -0.25) is 0 Å². The molecule has 0 saturated heterocycles. The van der Waals surface area contributed by atoms with Crippen LogP contribution in [0, 0.1) is 17.5 Å². The zero-order valence-corrected chi connectivity index (χ0v) is 8.97. The smallest absolute Gasteiger partial charge is 0.194 e. The lowest BCUT2D eigenvalue weighted by Crippen LogP contribution is -2.21. The summed E-state index contributed by atoms with van der Waals surface area (Å²) in [5.41, 5.74) is 0.00125. The van der Waals surface area contributed by atoms with Crippen LogP contribution >= 0.6 is 0 Å². The highest BCUT2D eigenvalue weighted by Gasteiger charge is 2.22. The normalized spacial score (nSPS) is 12.7. The molecule has 0 amide bonds. The van der Waals surface area contributed by atoms with Crippen LogP contribution in [-0.4, -0.2) is 17.0 Å². The van der Waals surface area contributed by atoms with Crippen LogP contribution in [0.2, 0.25) is 0 Å². The fourth-order valence-corrected chi connectivity index (χ4v) is 1.64. The minimum atomic E-state index is -1.48. The van der Waals surface area contributed by atoms with Crippen molar-refractivity contribution in [3.63, 3.8) is 0 Å². The Kier molecular flexibility index (Phi) is 3.14. The van der Waals surface area contributed by atoms with Crippen molar-refractivity contribution in [1.29, 1.82) is 0 Å². The molecule has 0 aliphatic heterocycles. The van der Waals surface area contributed by atoms with E-state index in [9.17, 15) is 13.2 Å². The van der Waals surface area contributed by atoms with Gasteiger partial charge in [0.05, 0.1) is 6.04 Å². The average molecular weight is 241 g/mol. The molecular formula is C11H10F3N3. The van der Waals surface area contributed by atoms with Gasteiger partial charge in [-0.2, -0.15) is 0 Å². The van der Waals surface area contributed by atoms with Crippen molar-refractivity contribution in [3.8, 4) is 0 Å². The fourth-order valence-electron chi connectivity index (χ4n) is 1.64. The molecule has 3 nitrogen and oxygen atoms in total. The summed E-state index contributed by atoms with van der Waals surface area (Å²) in [6, 6.07) is 1.43. The van der Waals surface area contributed by atoms with E-state index in [0.717, 1.165) is 6.07 Å². The quantitative estimate of drug-likeness (QED) is 0.808. The number of hydrogen-bond donors (Lipinski definition) is 2. The minimum absolute atomic E-state index is 0.00125. The van der Waals surface area contributed by atoms with Crippen LogP contribution < -0.4 is 5.32 Å². The van der Waals surface area contributed by atoms with E-state index in [2.05, 4.69) is 15.3 Å². The first kappa shape index (κ1) is 11.7. The second-order valence-corrected chi connectivity index (χ2v) is 3.46. The molecular weight excluding hydrogens is 231 g/mol. The largest absolute Gasteiger partial charge is 0.347 e. The van der Waals surface area contributed by atoms with E-state index >= 15 is 0 Å². The van der Waals surface area contributed by atoms with Crippen LogP contribution in [0.25, 0.3) is 0 Å². The van der Waals surface area contributed by atoms with Crippen LogP contribution in [0.4, 0.5) is 13.2 Å². The Labute approximate surface area is 95.7 Å². The number of H-pyrrole nitrogens is 1. The molecule has 2 aromatic rings. The lowest BCUT2D eigenvalue weighted by molar-refractivity contribution is 0.433. The molecule has 0 radical (unpaired) electrons. The SMILES string of the molecule is CNC(c1ncc[nH]1)c1ccc(F)c(F)c1F. The van der Waals surface area contributed by atoms with Crippen LogP contribution in [0.5, 0.6) is 0 Å². The van der Waals surface area contributed by atoms with Gasteiger partial charge in [0.1, 0.15) is 5.82 Å². The molecule has 1 atom stereocenters. The monoisotopic (exact) mass is 241 g/mol. The third-order valence-corrected chi connectivity index (χ3v) is 2.46. The first-order valence-electron chi connectivity index (χ1n) is 4.95. The van der Waals surface area contributed by atoms with Gasteiger partial charge in [0.25, 0.3) is 0 Å². The van der Waals surface area contributed by atoms with Gasteiger partial charge >= 0.3 is 0 Å². The number of nitrogens with zero attached hydrogens (tertiary/aromatic N) is 1. The highest BCUT2D eigenvalue weighted by Crippen LogP contribution is 2.24. The summed E-state index contributed by atoms with van der Waals surface area (Å²) in [5.74, 6) is -3.46. The zero-order valence-electron chi connectivity index (χ0n) is 8.97. The summed E-state index contributed by atoms with van der Waals surface area (Å²) in [6.07, 6.45) is 3.06. The number of aromatic amines is 1. The molecule has 0 aliphatic rings. The highest BCUT2D eigenvalue weighted by molar-refractivity contribution is 5.28. The van der Waals surface area contributed by atoms with Gasteiger partial charge in [0, 0.05) is 18.0 Å². The van der Waals surface area contributed by atoms with Gasteiger partial charge < -0.3 is 10.3 Å². The average Bonchev–Trinajstić information content (AvgIpc) is 2.84. The lowest BCUT2D eigenvalue weighted by atomic mass is 10.1. The van der Waals surface area contributed by atoms with Crippen molar-refractivity contribution in [2.45, 2.75) is 6.04 Å². The maximum absolute atomic E-state index is 13.6. The fraction of sp³-hybridized carbons (Fsp3) is 0.182. The molecule has 1 aromatic carbocycles. The number of nitrogens with one attached hydrogen (secondary N) is 2. The molecule has 1 heterocycles. The molecule has 0 spiro atoms. The van der Waals surface area contributed by atoms with Gasteiger partial charge in [-0.1, -0.05) is 6.07 Å². The van der Waals surface area contributed by atoms with E-state index in [-0.39, 0.29) is 5.56 Å². The van der Waals surface area contributed by atoms with Crippen molar-refractivity contribution in [2.75, 3.05) is 7.05 Å². The first-order chi connectivity index (χ1) is 8.15. The summed E-state index contributed by atoms with van der Waals surface area (Å²) in [4.78, 5) is 6.75. The molecule has 1 aromatic heterocycles. The molecule has 0 aliphatic carbocycles. The van der Waals surface area contributed by atoms with Crippen molar-refractivity contribution in [2.24, 2.45) is 0 Å². The number of imidazole rings is 1. The van der Waals surface area contributed by atoms with Crippen LogP contribution in [0.3, 0.4) is 0 Å². The molecule has 90 valence electrons. The Morgan fingerprint density at radius 3 is 2.59 bits per heavy atom. The van der Waals surface area contributed by atoms with Crippen molar-refractivity contribution < 1.29 is 13.2 Å². The van der Waals surface area contributed by atoms with Crippen molar-refractivity contribution in [1.82, 2.24) is 15.3 Å². The molecule has 0 fully saturated rings. The van der Waals surface area contributed by atoms with E-state index in [1.807, 2.05) is 0 Å². The topological polar surface area (TPSA) is 40.7 Å². The van der Waals surface area contributed by atoms with E-state index in [1.165, 1.54) is 12.3 Å². The minimum Gasteiger partial charge on any atom is -0.347 e. The predicted molar refractivity (Wildman–Crippen MR) is 55.8 cm³/mol. The summed E-state index contributed by atoms with van der Waals surface area (Å²) in [5, 5.41) is 2.79. The van der Waals surface area contributed by atoms with E-state index in [1.54, 1.807) is 13.2 Å². The number of rotatable bonds is 3. The molecule has 0 saturated carbocycles. The van der Waals surface area contributed by atoms with E-state index < -0.39 is 23.5 Å². The third-order valence-electron chi connectivity index (χ3n) is 2.46. The van der Waals surface area contributed by atoms with E-state index in [0.29, 0.717) is 5.82 Å². The summed E-state index contributed by atoms with van der Waals surface area (Å²) in [7, 11) is 1.58. The van der Waals surface area contributed by atoms with Crippen molar-refractivity contribution >= 4 is 0 Å². The Morgan fingerprint density at radius 1 is 1.24 bits per heavy atom. The maximum atomic E-state index is 13.6. The second kappa shape index (κ2) is 4.58. The van der Waals surface area contributed by atoms with Crippen LogP contribution in [-0.2, 0) is 0 Å². The number of benzene rings is 1. The van der Waals surface area contributed by atoms with E-state index in [4.69, 9.17) is 0 Å². The molecule has 17 heavy (non-hydrogen) atoms. The predicted octanol–water partition coefficient (Wildman–Crippen LogP) is 2.14. The van der Waals surface area contributed by atoms with Gasteiger partial charge in [0.15, 0.2) is 17.5 Å². The van der Waals surface area contributed by atoms with Gasteiger partial charge in [-0.05, 0) is 13.1 Å². The molecule has 0 bridgehead atoms. The molecule has 2 rings (SSSR count). The molecule has 1 unspecified atom stereocenters. The van der Waals surface area contributed by atoms with Crippen molar-refractivity contribution in [3.05, 3.63) is 53.4 Å². The Hall–Kier alpha value is -1.82. The van der Waals surface area contributed by atoms with Crippen LogP contribution in [0.15, 0.2) is 24.5 Å². The Balaban J connectivity index is 2.49. The second-order valence-electron chi connectivity index (χ2n) is 3.46. The lowest BCUT2D eigenvalue weighted by Gasteiger charge is -2.15. The zero-order chi connectivity index (χ0) is 12.4. The molecule has 6 heteroatoms. The standard InChI is InChI=1S/C11H10F3N3/c1-15-10(11-16-4-5-17-11)6-2-3-7(12)9(14)8(6)13/h2-5,10,15H,1H3,(H,16,17). The van der Waals surface area contributed by atoms with Gasteiger partial charge in [-0.15, -0.1) is 0 Å². The third kappa shape index (κ3) is 2.03. The maximum Gasteiger partial charge on any atom is 0.194 e. The first-order valence-corrected chi connectivity index (χ1v) is 4.95. The number of hydrogen-bond acceptors (Lipinski definition) is 2. The van der Waals surface area contributed by atoms with Gasteiger partial charge in [-0.25, -0.2) is 18.2 Å². The summed E-state index contributed by atoms with van der Waals surface area (Å²) >= 11 is 0. The Bertz CT molecular complexity index is 511. The summed E-state index contributed by atoms with van der Waals surface area (Å²) in [6.45, 7) is 0. The number of halogens is 3. The van der Waals surface area contributed by atoms with Gasteiger partial charge in [0.2, 0.25) is 0 Å². The molecule has 2 N–H and O–H groups in total. The number of aromatic nitrogens is 2. The Morgan fingerprint density at radius 2 is 2.00 bits per heavy atom. The van der Waals surface area contributed by atoms with Crippen LogP contribution in [0.1, 0.15) is 17.4 Å². The highest BCUT2D eigenvalue weighted by atomic mass is 19.2. The summed E-state index contributed by atoms with van der Waals surface area (Å²) < 4.78 is 39.5.